The maximum absolute atomic E-state index is 12.0. The first-order valence-electron chi connectivity index (χ1n) is 7.85. The summed E-state index contributed by atoms with van der Waals surface area (Å²) in [4.78, 5) is 16.5. The Labute approximate surface area is 152 Å². The van der Waals surface area contributed by atoms with Crippen LogP contribution in [-0.2, 0) is 9.53 Å². The Balaban J connectivity index is 0.00000208. The normalized spacial score (nSPS) is 16.6. The van der Waals surface area contributed by atoms with E-state index in [9.17, 15) is 4.79 Å². The molecule has 0 bridgehead atoms. The van der Waals surface area contributed by atoms with Crippen molar-refractivity contribution in [2.75, 3.05) is 25.0 Å². The van der Waals surface area contributed by atoms with Gasteiger partial charge >= 0.3 is 0 Å². The molecule has 0 spiro atoms. The number of nitrogens with one attached hydrogen (secondary N) is 2. The third-order valence-electron chi connectivity index (χ3n) is 3.74. The smallest absolute Gasteiger partial charge is 0.238 e. The molecular formula is C17H22ClN3O2S. The van der Waals surface area contributed by atoms with Crippen LogP contribution >= 0.6 is 23.7 Å². The van der Waals surface area contributed by atoms with Crippen molar-refractivity contribution in [3.63, 3.8) is 0 Å². The highest BCUT2D eigenvalue weighted by Gasteiger charge is 2.15. The number of amides is 1. The molecule has 1 aliphatic heterocycles. The zero-order chi connectivity index (χ0) is 16.1. The molecule has 0 aliphatic carbocycles. The first-order valence-corrected chi connectivity index (χ1v) is 8.73. The van der Waals surface area contributed by atoms with Gasteiger partial charge in [0.15, 0.2) is 0 Å². The van der Waals surface area contributed by atoms with Crippen LogP contribution in [0.5, 0.6) is 0 Å². The Morgan fingerprint density at radius 3 is 3.04 bits per heavy atom. The fraction of sp³-hybridized carbons (Fsp3) is 0.412. The van der Waals surface area contributed by atoms with Gasteiger partial charge in [-0.3, -0.25) is 4.79 Å². The zero-order valence-electron chi connectivity index (χ0n) is 13.6. The number of ether oxygens (including phenoxy) is 1. The van der Waals surface area contributed by atoms with E-state index in [-0.39, 0.29) is 24.4 Å². The summed E-state index contributed by atoms with van der Waals surface area (Å²) < 4.78 is 5.52. The summed E-state index contributed by atoms with van der Waals surface area (Å²) in [6.07, 6.45) is 2.43. The lowest BCUT2D eigenvalue weighted by Crippen LogP contribution is -2.33. The van der Waals surface area contributed by atoms with E-state index in [0.29, 0.717) is 6.54 Å². The Hall–Kier alpha value is -1.47. The number of thiazole rings is 1. The number of carbonyl (C=O) groups excluding carboxylic acids is 1. The number of hydrogen-bond acceptors (Lipinski definition) is 5. The van der Waals surface area contributed by atoms with Crippen molar-refractivity contribution in [1.82, 2.24) is 10.3 Å². The van der Waals surface area contributed by atoms with Gasteiger partial charge in [0, 0.05) is 29.8 Å². The van der Waals surface area contributed by atoms with E-state index >= 15 is 0 Å². The number of anilines is 1. The van der Waals surface area contributed by atoms with E-state index < -0.39 is 0 Å². The molecule has 1 atom stereocenters. The number of halogens is 1. The Bertz CT molecular complexity index is 671. The van der Waals surface area contributed by atoms with Gasteiger partial charge in [-0.2, -0.15) is 0 Å². The highest BCUT2D eigenvalue weighted by Crippen LogP contribution is 2.24. The van der Waals surface area contributed by atoms with E-state index in [1.165, 1.54) is 0 Å². The van der Waals surface area contributed by atoms with Gasteiger partial charge in [0.2, 0.25) is 5.91 Å². The highest BCUT2D eigenvalue weighted by molar-refractivity contribution is 7.09. The van der Waals surface area contributed by atoms with Crippen molar-refractivity contribution in [3.05, 3.63) is 34.7 Å². The standard InChI is InChI=1S/C17H21N3O2S.ClH/c1-12-19-16(11-23-12)13-4-2-5-14(8-13)20-17(21)10-18-9-15-6-3-7-22-15;/h2,4-5,8,11,15,18H,3,6-7,9-10H2,1H3,(H,20,21);1H. The molecule has 130 valence electrons. The molecule has 1 aromatic carbocycles. The van der Waals surface area contributed by atoms with Crippen LogP contribution in [0, 0.1) is 6.92 Å². The number of rotatable bonds is 6. The fourth-order valence-electron chi connectivity index (χ4n) is 2.61. The molecule has 1 fully saturated rings. The summed E-state index contributed by atoms with van der Waals surface area (Å²) >= 11 is 1.62. The molecule has 24 heavy (non-hydrogen) atoms. The molecule has 1 unspecified atom stereocenters. The average molecular weight is 368 g/mol. The Morgan fingerprint density at radius 2 is 2.33 bits per heavy atom. The summed E-state index contributed by atoms with van der Waals surface area (Å²) in [5.74, 6) is -0.0467. The van der Waals surface area contributed by atoms with Crippen LogP contribution in [0.4, 0.5) is 5.69 Å². The van der Waals surface area contributed by atoms with Crippen molar-refractivity contribution >= 4 is 35.3 Å². The number of hydrogen-bond donors (Lipinski definition) is 2. The summed E-state index contributed by atoms with van der Waals surface area (Å²) in [6, 6.07) is 7.77. The van der Waals surface area contributed by atoms with E-state index in [2.05, 4.69) is 15.6 Å². The van der Waals surface area contributed by atoms with Crippen LogP contribution in [0.25, 0.3) is 11.3 Å². The number of carbonyl (C=O) groups is 1. The van der Waals surface area contributed by atoms with Crippen molar-refractivity contribution in [3.8, 4) is 11.3 Å². The molecular weight excluding hydrogens is 346 g/mol. The number of aromatic nitrogens is 1. The van der Waals surface area contributed by atoms with Crippen LogP contribution < -0.4 is 10.6 Å². The molecule has 5 nitrogen and oxygen atoms in total. The lowest BCUT2D eigenvalue weighted by molar-refractivity contribution is -0.115. The lowest BCUT2D eigenvalue weighted by atomic mass is 10.1. The minimum Gasteiger partial charge on any atom is -0.377 e. The molecule has 1 amide bonds. The van der Waals surface area contributed by atoms with Gasteiger partial charge in [0.05, 0.1) is 23.4 Å². The van der Waals surface area contributed by atoms with Gasteiger partial charge in [-0.05, 0) is 31.9 Å². The minimum atomic E-state index is -0.0467. The second-order valence-corrected chi connectivity index (χ2v) is 6.71. The summed E-state index contributed by atoms with van der Waals surface area (Å²) in [6.45, 7) is 3.84. The summed E-state index contributed by atoms with van der Waals surface area (Å²) in [5, 5.41) is 9.13. The van der Waals surface area contributed by atoms with Gasteiger partial charge in [-0.15, -0.1) is 23.7 Å². The number of aryl methyl sites for hydroxylation is 1. The monoisotopic (exact) mass is 367 g/mol. The van der Waals surface area contributed by atoms with E-state index in [4.69, 9.17) is 4.74 Å². The van der Waals surface area contributed by atoms with Gasteiger partial charge < -0.3 is 15.4 Å². The van der Waals surface area contributed by atoms with Crippen molar-refractivity contribution in [1.29, 1.82) is 0 Å². The lowest BCUT2D eigenvalue weighted by Gasteiger charge is -2.11. The molecule has 2 heterocycles. The molecule has 2 N–H and O–H groups in total. The first-order chi connectivity index (χ1) is 11.2. The quantitative estimate of drug-likeness (QED) is 0.822. The average Bonchev–Trinajstić information content (AvgIpc) is 3.19. The SMILES string of the molecule is Cc1nc(-c2cccc(NC(=O)CNCC3CCCO3)c2)cs1.Cl. The largest absolute Gasteiger partial charge is 0.377 e. The van der Waals surface area contributed by atoms with Crippen LogP contribution in [-0.4, -0.2) is 36.7 Å². The molecule has 2 aromatic rings. The van der Waals surface area contributed by atoms with Crippen LogP contribution in [0.1, 0.15) is 17.8 Å². The van der Waals surface area contributed by atoms with E-state index in [1.54, 1.807) is 11.3 Å². The molecule has 1 aromatic heterocycles. The maximum atomic E-state index is 12.0. The molecule has 7 heteroatoms. The van der Waals surface area contributed by atoms with E-state index in [1.807, 2.05) is 36.6 Å². The molecule has 1 saturated heterocycles. The van der Waals surface area contributed by atoms with Gasteiger partial charge in [0.25, 0.3) is 0 Å². The zero-order valence-corrected chi connectivity index (χ0v) is 15.2. The predicted octanol–water partition coefficient (Wildman–Crippen LogP) is 3.25. The fourth-order valence-corrected chi connectivity index (χ4v) is 3.23. The van der Waals surface area contributed by atoms with Crippen molar-refractivity contribution < 1.29 is 9.53 Å². The minimum absolute atomic E-state index is 0. The van der Waals surface area contributed by atoms with Gasteiger partial charge in [-0.1, -0.05) is 12.1 Å². The maximum Gasteiger partial charge on any atom is 0.238 e. The topological polar surface area (TPSA) is 63.2 Å². The second-order valence-electron chi connectivity index (χ2n) is 5.65. The van der Waals surface area contributed by atoms with Crippen molar-refractivity contribution in [2.45, 2.75) is 25.9 Å². The summed E-state index contributed by atoms with van der Waals surface area (Å²) in [5.41, 5.74) is 2.75. The van der Waals surface area contributed by atoms with Crippen molar-refractivity contribution in [2.24, 2.45) is 0 Å². The Morgan fingerprint density at radius 1 is 1.46 bits per heavy atom. The van der Waals surface area contributed by atoms with E-state index in [0.717, 1.165) is 47.9 Å². The third kappa shape index (κ3) is 5.27. The summed E-state index contributed by atoms with van der Waals surface area (Å²) in [7, 11) is 0. The molecule has 0 radical (unpaired) electrons. The predicted molar refractivity (Wildman–Crippen MR) is 100 cm³/mol. The first kappa shape index (κ1) is 18.9. The second kappa shape index (κ2) is 9.13. The molecule has 0 saturated carbocycles. The van der Waals surface area contributed by atoms with Gasteiger partial charge in [-0.25, -0.2) is 4.98 Å². The van der Waals surface area contributed by atoms with Crippen LogP contribution in [0.3, 0.4) is 0 Å². The van der Waals surface area contributed by atoms with Gasteiger partial charge in [0.1, 0.15) is 0 Å². The Kier molecular flexibility index (Phi) is 7.17. The highest BCUT2D eigenvalue weighted by atomic mass is 35.5. The third-order valence-corrected chi connectivity index (χ3v) is 4.52. The number of nitrogens with zero attached hydrogens (tertiary/aromatic N) is 1. The van der Waals surface area contributed by atoms with Crippen LogP contribution in [0.2, 0.25) is 0 Å². The molecule has 3 rings (SSSR count). The van der Waals surface area contributed by atoms with Crippen LogP contribution in [0.15, 0.2) is 29.6 Å². The molecule has 1 aliphatic rings. The number of benzene rings is 1.